The van der Waals surface area contributed by atoms with E-state index in [1.807, 2.05) is 6.08 Å². The van der Waals surface area contributed by atoms with Gasteiger partial charge in [-0.05, 0) is 38.0 Å². The predicted molar refractivity (Wildman–Crippen MR) is 64.8 cm³/mol. The second-order valence-electron chi connectivity index (χ2n) is 4.87. The Morgan fingerprint density at radius 1 is 1.33 bits per heavy atom. The lowest BCUT2D eigenvalue weighted by Crippen LogP contribution is -2.16. The Kier molecular flexibility index (Phi) is 5.67. The van der Waals surface area contributed by atoms with E-state index < -0.39 is 0 Å². The van der Waals surface area contributed by atoms with Crippen LogP contribution < -0.4 is 0 Å². The van der Waals surface area contributed by atoms with Crippen LogP contribution in [0.4, 0.5) is 0 Å². The molecule has 0 spiro atoms. The van der Waals surface area contributed by atoms with Gasteiger partial charge in [0.1, 0.15) is 5.78 Å². The highest BCUT2D eigenvalue weighted by Gasteiger charge is 2.28. The molecular formula is C14H24O. The normalized spacial score (nSPS) is 25.4. The maximum Gasteiger partial charge on any atom is 0.136 e. The molecule has 1 heteroatoms. The third kappa shape index (κ3) is 4.19. The van der Waals surface area contributed by atoms with E-state index in [2.05, 4.69) is 13.5 Å². The molecule has 0 radical (unpaired) electrons. The fourth-order valence-corrected chi connectivity index (χ4v) is 2.57. The topological polar surface area (TPSA) is 17.1 Å². The molecular weight excluding hydrogens is 184 g/mol. The largest absolute Gasteiger partial charge is 0.299 e. The Hall–Kier alpha value is -0.590. The number of ketones is 1. The molecule has 1 fully saturated rings. The molecule has 0 aromatic carbocycles. The van der Waals surface area contributed by atoms with E-state index in [1.54, 1.807) is 0 Å². The zero-order valence-corrected chi connectivity index (χ0v) is 10.0. The van der Waals surface area contributed by atoms with E-state index in [0.717, 1.165) is 25.7 Å². The molecule has 0 amide bonds. The fraction of sp³-hybridized carbons (Fsp3) is 0.786. The van der Waals surface area contributed by atoms with Crippen molar-refractivity contribution in [3.05, 3.63) is 12.7 Å². The summed E-state index contributed by atoms with van der Waals surface area (Å²) in [5.74, 6) is 1.56. The van der Waals surface area contributed by atoms with Crippen LogP contribution in [-0.2, 0) is 4.79 Å². The smallest absolute Gasteiger partial charge is 0.136 e. The molecule has 2 atom stereocenters. The van der Waals surface area contributed by atoms with Gasteiger partial charge in [-0.3, -0.25) is 4.79 Å². The van der Waals surface area contributed by atoms with Gasteiger partial charge >= 0.3 is 0 Å². The Morgan fingerprint density at radius 3 is 2.73 bits per heavy atom. The number of carbonyl (C=O) groups excluding carboxylic acids is 1. The quantitative estimate of drug-likeness (QED) is 0.454. The first-order valence-electron chi connectivity index (χ1n) is 6.39. The minimum absolute atomic E-state index is 0.393. The monoisotopic (exact) mass is 208 g/mol. The lowest BCUT2D eigenvalue weighted by atomic mass is 9.91. The summed E-state index contributed by atoms with van der Waals surface area (Å²) in [4.78, 5) is 11.9. The average molecular weight is 208 g/mol. The van der Waals surface area contributed by atoms with Crippen LogP contribution in [0.1, 0.15) is 58.3 Å². The summed E-state index contributed by atoms with van der Waals surface area (Å²) in [6, 6.07) is 0. The van der Waals surface area contributed by atoms with Gasteiger partial charge in [-0.15, -0.1) is 6.58 Å². The number of hydrogen-bond acceptors (Lipinski definition) is 1. The number of unbranched alkanes of at least 4 members (excludes halogenated alkanes) is 3. The van der Waals surface area contributed by atoms with E-state index in [-0.39, 0.29) is 0 Å². The van der Waals surface area contributed by atoms with Crippen molar-refractivity contribution in [3.8, 4) is 0 Å². The third-order valence-electron chi connectivity index (χ3n) is 3.61. The molecule has 0 N–H and O–H groups in total. The molecule has 0 saturated heterocycles. The van der Waals surface area contributed by atoms with Crippen LogP contribution in [0, 0.1) is 11.8 Å². The van der Waals surface area contributed by atoms with Gasteiger partial charge in [0.25, 0.3) is 0 Å². The number of hydrogen-bond donors (Lipinski definition) is 0. The molecule has 1 saturated carbocycles. The maximum atomic E-state index is 11.9. The van der Waals surface area contributed by atoms with Gasteiger partial charge in [0.15, 0.2) is 0 Å². The minimum atomic E-state index is 0.393. The van der Waals surface area contributed by atoms with Crippen molar-refractivity contribution in [1.82, 2.24) is 0 Å². The van der Waals surface area contributed by atoms with Crippen molar-refractivity contribution in [3.63, 3.8) is 0 Å². The summed E-state index contributed by atoms with van der Waals surface area (Å²) in [7, 11) is 0. The molecule has 0 aromatic heterocycles. The van der Waals surface area contributed by atoms with Gasteiger partial charge in [-0.2, -0.15) is 0 Å². The highest BCUT2D eigenvalue weighted by atomic mass is 16.1. The second kappa shape index (κ2) is 6.81. The van der Waals surface area contributed by atoms with E-state index in [0.29, 0.717) is 17.6 Å². The van der Waals surface area contributed by atoms with Crippen molar-refractivity contribution in [2.45, 2.75) is 58.3 Å². The molecule has 0 heterocycles. The average Bonchev–Trinajstić information content (AvgIpc) is 2.64. The van der Waals surface area contributed by atoms with Gasteiger partial charge in [0.05, 0.1) is 0 Å². The predicted octanol–water partition coefficient (Wildman–Crippen LogP) is 4.13. The zero-order valence-electron chi connectivity index (χ0n) is 10.0. The zero-order chi connectivity index (χ0) is 11.1. The van der Waals surface area contributed by atoms with Crippen LogP contribution in [0.25, 0.3) is 0 Å². The molecule has 0 bridgehead atoms. The lowest BCUT2D eigenvalue weighted by Gasteiger charge is -2.13. The number of allylic oxidation sites excluding steroid dienone is 1. The minimum Gasteiger partial charge on any atom is -0.299 e. The summed E-state index contributed by atoms with van der Waals surface area (Å²) in [6.07, 6.45) is 11.0. The summed E-state index contributed by atoms with van der Waals surface area (Å²) < 4.78 is 0. The molecule has 1 nitrogen and oxygen atoms in total. The van der Waals surface area contributed by atoms with E-state index >= 15 is 0 Å². The third-order valence-corrected chi connectivity index (χ3v) is 3.61. The van der Waals surface area contributed by atoms with Crippen molar-refractivity contribution in [1.29, 1.82) is 0 Å². The lowest BCUT2D eigenvalue weighted by molar-refractivity contribution is -0.123. The van der Waals surface area contributed by atoms with Gasteiger partial charge in [-0.1, -0.05) is 25.8 Å². The highest BCUT2D eigenvalue weighted by molar-refractivity contribution is 5.81. The maximum absolute atomic E-state index is 11.9. The number of rotatable bonds is 7. The molecule has 1 aliphatic carbocycles. The summed E-state index contributed by atoms with van der Waals surface area (Å²) in [5, 5.41) is 0. The molecule has 0 aliphatic heterocycles. The standard InChI is InChI=1S/C14H24O/c1-3-4-5-6-7-11-14(15)13-10-8-9-12(13)2/h3,12-13H,1,4-11H2,2H3. The van der Waals surface area contributed by atoms with Crippen molar-refractivity contribution < 1.29 is 4.79 Å². The van der Waals surface area contributed by atoms with E-state index in [1.165, 1.54) is 25.7 Å². The summed E-state index contributed by atoms with van der Waals surface area (Å²) in [6.45, 7) is 5.93. The van der Waals surface area contributed by atoms with Crippen LogP contribution in [0.2, 0.25) is 0 Å². The summed E-state index contributed by atoms with van der Waals surface area (Å²) in [5.41, 5.74) is 0. The second-order valence-corrected chi connectivity index (χ2v) is 4.87. The number of carbonyl (C=O) groups is 1. The summed E-state index contributed by atoms with van der Waals surface area (Å²) >= 11 is 0. The molecule has 1 aliphatic rings. The first kappa shape index (κ1) is 12.5. The van der Waals surface area contributed by atoms with Crippen molar-refractivity contribution in [2.75, 3.05) is 0 Å². The highest BCUT2D eigenvalue weighted by Crippen LogP contribution is 2.32. The molecule has 86 valence electrons. The van der Waals surface area contributed by atoms with Crippen LogP contribution in [0.5, 0.6) is 0 Å². The van der Waals surface area contributed by atoms with Crippen LogP contribution >= 0.6 is 0 Å². The first-order valence-corrected chi connectivity index (χ1v) is 6.39. The molecule has 2 unspecified atom stereocenters. The Bertz CT molecular complexity index is 207. The van der Waals surface area contributed by atoms with Gasteiger partial charge in [0, 0.05) is 12.3 Å². The number of Topliss-reactive ketones (excluding diaryl/α,β-unsaturated/α-hetero) is 1. The molecule has 0 aromatic rings. The van der Waals surface area contributed by atoms with Crippen LogP contribution in [-0.4, -0.2) is 5.78 Å². The Morgan fingerprint density at radius 2 is 2.13 bits per heavy atom. The molecule has 15 heavy (non-hydrogen) atoms. The Labute approximate surface area is 93.9 Å². The van der Waals surface area contributed by atoms with E-state index in [4.69, 9.17) is 0 Å². The Balaban J connectivity index is 2.10. The molecule has 1 rings (SSSR count). The first-order chi connectivity index (χ1) is 7.25. The SMILES string of the molecule is C=CCCCCCC(=O)C1CCCC1C. The van der Waals surface area contributed by atoms with Gasteiger partial charge in [-0.25, -0.2) is 0 Å². The van der Waals surface area contributed by atoms with Gasteiger partial charge < -0.3 is 0 Å². The van der Waals surface area contributed by atoms with Crippen molar-refractivity contribution >= 4 is 5.78 Å². The van der Waals surface area contributed by atoms with Gasteiger partial charge in [0.2, 0.25) is 0 Å². The van der Waals surface area contributed by atoms with E-state index in [9.17, 15) is 4.79 Å². The van der Waals surface area contributed by atoms with Crippen LogP contribution in [0.15, 0.2) is 12.7 Å². The fourth-order valence-electron chi connectivity index (χ4n) is 2.57. The van der Waals surface area contributed by atoms with Crippen LogP contribution in [0.3, 0.4) is 0 Å². The van der Waals surface area contributed by atoms with Crippen molar-refractivity contribution in [2.24, 2.45) is 11.8 Å².